The topological polar surface area (TPSA) is 0 Å². The molecule has 4 heteroatoms. The largest absolute Gasteiger partial charge is 0.0820 e. The van der Waals surface area contributed by atoms with E-state index in [0.29, 0.717) is 0 Å². The molecule has 0 amide bonds. The Labute approximate surface area is 100 Å². The molecule has 54 valence electrons. The second-order valence-electron chi connectivity index (χ2n) is 1.66. The van der Waals surface area contributed by atoms with E-state index in [0.717, 1.165) is 16.6 Å². The van der Waals surface area contributed by atoms with Crippen molar-refractivity contribution in [3.8, 4) is 0 Å². The maximum atomic E-state index is 5.94. The molecule has 0 aromatic heterocycles. The normalized spacial score (nSPS) is 10.0. The summed E-state index contributed by atoms with van der Waals surface area (Å²) in [5, 5.41) is 0.829. The highest BCUT2D eigenvalue weighted by Crippen LogP contribution is 2.30. The van der Waals surface area contributed by atoms with Gasteiger partial charge in [0.1, 0.15) is 0 Å². The summed E-state index contributed by atoms with van der Waals surface area (Å²) >= 11 is 13.7. The number of benzene rings is 1. The van der Waals surface area contributed by atoms with Crippen molar-refractivity contribution in [2.75, 3.05) is 0 Å². The molecule has 0 atom stereocenters. The molecule has 1 aromatic carbocycles. The minimum absolute atomic E-state index is 0.829. The van der Waals surface area contributed by atoms with Gasteiger partial charge in [0.05, 0.1) is 5.02 Å². The molecule has 0 nitrogen and oxygen atoms in total. The molecule has 0 saturated heterocycles. The molecule has 0 radical (unpaired) electrons. The zero-order valence-electron chi connectivity index (χ0n) is 4.67. The summed E-state index contributed by atoms with van der Waals surface area (Å²) < 4.78 is 3.22. The van der Waals surface area contributed by atoms with Gasteiger partial charge >= 0.3 is 0 Å². The molecular weight excluding hydrogens is 441 g/mol. The third-order valence-corrected chi connectivity index (χ3v) is 5.44. The zero-order valence-corrected chi connectivity index (χ0v) is 11.3. The first kappa shape index (κ1) is 9.54. The van der Waals surface area contributed by atoms with Crippen molar-refractivity contribution in [3.63, 3.8) is 0 Å². The molecule has 1 rings (SSSR count). The molecule has 1 aromatic rings. The Morgan fingerprint density at radius 2 is 1.90 bits per heavy atom. The van der Waals surface area contributed by atoms with Gasteiger partial charge in [-0.2, -0.15) is 0 Å². The molecule has 0 bridgehead atoms. The first-order valence-electron chi connectivity index (χ1n) is 2.42. The Morgan fingerprint density at radius 1 is 1.30 bits per heavy atom. The van der Waals surface area contributed by atoms with E-state index in [1.165, 1.54) is 0 Å². The molecule has 0 unspecified atom stereocenters. The highest BCUT2D eigenvalue weighted by molar-refractivity contribution is 14.1. The van der Waals surface area contributed by atoms with Crippen LogP contribution in [0.1, 0.15) is 0 Å². The summed E-state index contributed by atoms with van der Waals surface area (Å²) in [6, 6.07) is 3.98. The summed E-state index contributed by atoms with van der Waals surface area (Å²) in [6.45, 7) is 0. The van der Waals surface area contributed by atoms with Crippen LogP contribution in [-0.2, 0) is 0 Å². The van der Waals surface area contributed by atoms with Gasteiger partial charge in [0.15, 0.2) is 0 Å². The number of hydrogen-bond donors (Lipinski definition) is 0. The van der Waals surface area contributed by atoms with E-state index in [1.54, 1.807) is 0 Å². The van der Waals surface area contributed by atoms with Crippen molar-refractivity contribution in [1.29, 1.82) is 0 Å². The summed E-state index contributed by atoms with van der Waals surface area (Å²) in [7, 11) is 0. The first-order chi connectivity index (χ1) is 4.63. The Morgan fingerprint density at radius 3 is 2.40 bits per heavy atom. The van der Waals surface area contributed by atoms with Crippen LogP contribution in [0.25, 0.3) is 0 Å². The van der Waals surface area contributed by atoms with Gasteiger partial charge in [-0.05, 0) is 73.2 Å². The van der Waals surface area contributed by atoms with Gasteiger partial charge in [0, 0.05) is 11.6 Å². The average Bonchev–Trinajstić information content (AvgIpc) is 1.93. The van der Waals surface area contributed by atoms with Gasteiger partial charge in [-0.1, -0.05) is 11.6 Å². The quantitative estimate of drug-likeness (QED) is 0.319. The van der Waals surface area contributed by atoms with Gasteiger partial charge in [-0.3, -0.25) is 0 Å². The fourth-order valence-corrected chi connectivity index (χ4v) is 2.55. The molecule has 0 N–H and O–H groups in total. The number of hydrogen-bond acceptors (Lipinski definition) is 0. The smallest absolute Gasteiger partial charge is 0.0684 e. The molecule has 0 heterocycles. The van der Waals surface area contributed by atoms with E-state index in [4.69, 9.17) is 11.6 Å². The van der Waals surface area contributed by atoms with Crippen molar-refractivity contribution in [2.24, 2.45) is 0 Å². The molecule has 0 fully saturated rings. The van der Waals surface area contributed by atoms with Crippen molar-refractivity contribution >= 4 is 72.7 Å². The minimum atomic E-state index is 0.829. The van der Waals surface area contributed by atoms with Crippen LogP contribution in [-0.4, -0.2) is 0 Å². The maximum absolute atomic E-state index is 5.94. The van der Waals surface area contributed by atoms with Crippen molar-refractivity contribution < 1.29 is 0 Å². The molecule has 0 aliphatic carbocycles. The fraction of sp³-hybridized carbons (Fsp3) is 0. The fourth-order valence-electron chi connectivity index (χ4n) is 0.502. The van der Waals surface area contributed by atoms with Crippen molar-refractivity contribution in [3.05, 3.63) is 28.8 Å². The SMILES string of the molecule is Clc1c(I)ccc(Br)c1I. The predicted molar refractivity (Wildman–Crippen MR) is 64.6 cm³/mol. The van der Waals surface area contributed by atoms with Crippen LogP contribution in [0.5, 0.6) is 0 Å². The van der Waals surface area contributed by atoms with Gasteiger partial charge in [-0.25, -0.2) is 0 Å². The van der Waals surface area contributed by atoms with E-state index < -0.39 is 0 Å². The molecule has 0 aliphatic rings. The van der Waals surface area contributed by atoms with Crippen LogP contribution in [0.2, 0.25) is 5.02 Å². The second kappa shape index (κ2) is 3.91. The van der Waals surface area contributed by atoms with Crippen LogP contribution in [0, 0.1) is 7.14 Å². The predicted octanol–water partition coefficient (Wildman–Crippen LogP) is 4.31. The third-order valence-electron chi connectivity index (χ3n) is 0.988. The number of halogens is 4. The van der Waals surface area contributed by atoms with Gasteiger partial charge < -0.3 is 0 Å². The second-order valence-corrected chi connectivity index (χ2v) is 5.13. The summed E-state index contributed by atoms with van der Waals surface area (Å²) in [5.41, 5.74) is 0. The van der Waals surface area contributed by atoms with Crippen LogP contribution in [0.3, 0.4) is 0 Å². The van der Waals surface area contributed by atoms with E-state index in [1.807, 2.05) is 12.1 Å². The van der Waals surface area contributed by atoms with Gasteiger partial charge in [0.2, 0.25) is 0 Å². The summed E-state index contributed by atoms with van der Waals surface area (Å²) in [4.78, 5) is 0. The highest BCUT2D eigenvalue weighted by Gasteiger charge is 2.03. The minimum Gasteiger partial charge on any atom is -0.0820 e. The molecular formula is C6H2BrClI2. The van der Waals surface area contributed by atoms with Crippen LogP contribution in [0.15, 0.2) is 16.6 Å². The summed E-state index contributed by atoms with van der Waals surface area (Å²) in [6.07, 6.45) is 0. The van der Waals surface area contributed by atoms with E-state index >= 15 is 0 Å². The molecule has 0 saturated carbocycles. The Hall–Kier alpha value is 1.45. The van der Waals surface area contributed by atoms with E-state index in [9.17, 15) is 0 Å². The molecule has 10 heavy (non-hydrogen) atoms. The van der Waals surface area contributed by atoms with E-state index in [-0.39, 0.29) is 0 Å². The van der Waals surface area contributed by atoms with Crippen LogP contribution in [0.4, 0.5) is 0 Å². The third kappa shape index (κ3) is 1.98. The lowest BCUT2D eigenvalue weighted by molar-refractivity contribution is 1.54. The zero-order chi connectivity index (χ0) is 7.72. The van der Waals surface area contributed by atoms with Gasteiger partial charge in [-0.15, -0.1) is 0 Å². The highest BCUT2D eigenvalue weighted by atomic mass is 127. The van der Waals surface area contributed by atoms with Crippen molar-refractivity contribution in [2.45, 2.75) is 0 Å². The summed E-state index contributed by atoms with van der Waals surface area (Å²) in [5.74, 6) is 0. The maximum Gasteiger partial charge on any atom is 0.0684 e. The van der Waals surface area contributed by atoms with Crippen molar-refractivity contribution in [1.82, 2.24) is 0 Å². The first-order valence-corrected chi connectivity index (χ1v) is 5.75. The van der Waals surface area contributed by atoms with E-state index in [2.05, 4.69) is 61.1 Å². The lowest BCUT2D eigenvalue weighted by atomic mass is 10.4. The van der Waals surface area contributed by atoms with Crippen LogP contribution >= 0.6 is 72.7 Å². The van der Waals surface area contributed by atoms with Crippen LogP contribution < -0.4 is 0 Å². The van der Waals surface area contributed by atoms with Gasteiger partial charge in [0.25, 0.3) is 0 Å². The molecule has 0 aliphatic heterocycles. The average molecular weight is 443 g/mol. The standard InChI is InChI=1S/C6H2BrClI2/c7-3-1-2-4(9)5(8)6(3)10/h1-2H. The monoisotopic (exact) mass is 442 g/mol. The lowest BCUT2D eigenvalue weighted by Crippen LogP contribution is -1.80. The molecule has 0 spiro atoms. The Bertz CT molecular complexity index is 235. The Kier molecular flexibility index (Phi) is 3.73. The lowest BCUT2D eigenvalue weighted by Gasteiger charge is -1.99. The number of rotatable bonds is 0. The Balaban J connectivity index is 3.34.